The molecule has 1 fully saturated rings. The fraction of sp³-hybridized carbons (Fsp3) is 0.571. The molecule has 1 heteroatoms. The summed E-state index contributed by atoms with van der Waals surface area (Å²) in [4.78, 5) is 0. The third-order valence-corrected chi connectivity index (χ3v) is 4.43. The predicted octanol–water partition coefficient (Wildman–Crippen LogP) is 3.52. The monoisotopic (exact) mass is 201 g/mol. The van der Waals surface area contributed by atoms with E-state index >= 15 is 0 Å². The van der Waals surface area contributed by atoms with E-state index < -0.39 is 0 Å². The second-order valence-electron chi connectivity index (χ2n) is 5.46. The fourth-order valence-electron chi connectivity index (χ4n) is 4.01. The van der Waals surface area contributed by atoms with Crippen LogP contribution in [0.2, 0.25) is 0 Å². The van der Waals surface area contributed by atoms with Crippen molar-refractivity contribution in [3.8, 4) is 0 Å². The van der Waals surface area contributed by atoms with Crippen molar-refractivity contribution in [1.82, 2.24) is 0 Å². The molecule has 0 aliphatic heterocycles. The molecule has 1 nitrogen and oxygen atoms in total. The van der Waals surface area contributed by atoms with E-state index in [1.165, 1.54) is 18.4 Å². The minimum Gasteiger partial charge on any atom is -0.398 e. The number of hydrogen-bond donors (Lipinski definition) is 1. The van der Waals surface area contributed by atoms with Gasteiger partial charge >= 0.3 is 0 Å². The van der Waals surface area contributed by atoms with Crippen LogP contribution in [0.1, 0.15) is 49.7 Å². The van der Waals surface area contributed by atoms with E-state index in [0.717, 1.165) is 29.4 Å². The van der Waals surface area contributed by atoms with Crippen LogP contribution in [0.15, 0.2) is 18.2 Å². The Bertz CT molecular complexity index is 394. The number of fused-ring (bicyclic) bond motifs is 5. The first-order valence-corrected chi connectivity index (χ1v) is 6.08. The highest BCUT2D eigenvalue weighted by Crippen LogP contribution is 2.60. The maximum atomic E-state index is 6.12. The van der Waals surface area contributed by atoms with Crippen LogP contribution in [0.4, 0.5) is 5.69 Å². The molecule has 2 N–H and O–H groups in total. The van der Waals surface area contributed by atoms with Crippen molar-refractivity contribution in [2.75, 3.05) is 5.73 Å². The van der Waals surface area contributed by atoms with E-state index in [2.05, 4.69) is 32.0 Å². The number of nitrogens with two attached hydrogens (primary N) is 1. The van der Waals surface area contributed by atoms with Gasteiger partial charge in [-0.25, -0.2) is 0 Å². The molecule has 2 aliphatic carbocycles. The topological polar surface area (TPSA) is 26.0 Å². The summed E-state index contributed by atoms with van der Waals surface area (Å²) in [5, 5.41) is 0. The molecule has 1 aromatic rings. The first-order valence-electron chi connectivity index (χ1n) is 6.08. The van der Waals surface area contributed by atoms with Crippen molar-refractivity contribution in [3.63, 3.8) is 0 Å². The minimum absolute atomic E-state index is 0.756. The second-order valence-corrected chi connectivity index (χ2v) is 5.46. The van der Waals surface area contributed by atoms with E-state index in [-0.39, 0.29) is 0 Å². The van der Waals surface area contributed by atoms with Gasteiger partial charge in [-0.05, 0) is 53.7 Å². The van der Waals surface area contributed by atoms with Crippen molar-refractivity contribution in [1.29, 1.82) is 0 Å². The standard InChI is InChI=1S/C14H19N/c1-8(2)13-10-6-7-11(13)14-9(10)4-3-5-12(14)15/h3-5,8,10-11,13H,6-7,15H2,1-2H3/t10-,11-,13+/m0/s1. The number of anilines is 1. The third-order valence-electron chi connectivity index (χ3n) is 4.43. The molecule has 0 radical (unpaired) electrons. The summed E-state index contributed by atoms with van der Waals surface area (Å²) >= 11 is 0. The van der Waals surface area contributed by atoms with Crippen LogP contribution in [-0.4, -0.2) is 0 Å². The molecule has 0 aromatic heterocycles. The highest BCUT2D eigenvalue weighted by Gasteiger charge is 2.47. The van der Waals surface area contributed by atoms with Gasteiger partial charge in [-0.3, -0.25) is 0 Å². The minimum atomic E-state index is 0.756. The lowest BCUT2D eigenvalue weighted by molar-refractivity contribution is 0.352. The average molecular weight is 201 g/mol. The number of nitrogen functional groups attached to an aromatic ring is 1. The quantitative estimate of drug-likeness (QED) is 0.691. The summed E-state index contributed by atoms with van der Waals surface area (Å²) in [5.41, 5.74) is 10.2. The first kappa shape index (κ1) is 9.26. The van der Waals surface area contributed by atoms with Gasteiger partial charge in [0.1, 0.15) is 0 Å². The predicted molar refractivity (Wildman–Crippen MR) is 63.9 cm³/mol. The number of rotatable bonds is 1. The SMILES string of the molecule is CC(C)[C@H]1[C@@H]2CC[C@H]1c1cccc(N)c12. The van der Waals surface area contributed by atoms with Crippen LogP contribution in [-0.2, 0) is 0 Å². The molecule has 0 unspecified atom stereocenters. The Morgan fingerprint density at radius 3 is 2.60 bits per heavy atom. The van der Waals surface area contributed by atoms with Gasteiger partial charge in [0, 0.05) is 5.69 Å². The van der Waals surface area contributed by atoms with Crippen LogP contribution in [0.5, 0.6) is 0 Å². The van der Waals surface area contributed by atoms with Crippen LogP contribution in [0.25, 0.3) is 0 Å². The van der Waals surface area contributed by atoms with Gasteiger partial charge in [0.05, 0.1) is 0 Å². The molecule has 0 amide bonds. The van der Waals surface area contributed by atoms with E-state index in [4.69, 9.17) is 5.73 Å². The molecule has 1 aromatic carbocycles. The van der Waals surface area contributed by atoms with Crippen molar-refractivity contribution in [3.05, 3.63) is 29.3 Å². The highest BCUT2D eigenvalue weighted by molar-refractivity contribution is 5.58. The van der Waals surface area contributed by atoms with Gasteiger partial charge in [0.2, 0.25) is 0 Å². The van der Waals surface area contributed by atoms with Crippen molar-refractivity contribution >= 4 is 5.69 Å². The lowest BCUT2D eigenvalue weighted by Gasteiger charge is -2.20. The molecule has 2 aliphatic rings. The summed E-state index contributed by atoms with van der Waals surface area (Å²) in [5.74, 6) is 3.19. The molecule has 3 rings (SSSR count). The largest absolute Gasteiger partial charge is 0.398 e. The Hall–Kier alpha value is -0.980. The van der Waals surface area contributed by atoms with Gasteiger partial charge < -0.3 is 5.73 Å². The van der Waals surface area contributed by atoms with Gasteiger partial charge in [-0.1, -0.05) is 26.0 Å². The Morgan fingerprint density at radius 1 is 1.20 bits per heavy atom. The van der Waals surface area contributed by atoms with Crippen molar-refractivity contribution in [2.45, 2.75) is 38.5 Å². The number of hydrogen-bond acceptors (Lipinski definition) is 1. The maximum Gasteiger partial charge on any atom is 0.0352 e. The summed E-state index contributed by atoms with van der Waals surface area (Å²) in [6.07, 6.45) is 2.73. The fourth-order valence-corrected chi connectivity index (χ4v) is 4.01. The van der Waals surface area contributed by atoms with Gasteiger partial charge in [-0.15, -0.1) is 0 Å². The summed E-state index contributed by atoms with van der Waals surface area (Å²) in [6, 6.07) is 6.48. The summed E-state index contributed by atoms with van der Waals surface area (Å²) < 4.78 is 0. The molecule has 15 heavy (non-hydrogen) atoms. The zero-order valence-electron chi connectivity index (χ0n) is 9.53. The molecule has 0 heterocycles. The Kier molecular flexibility index (Phi) is 1.86. The molecule has 3 atom stereocenters. The lowest BCUT2D eigenvalue weighted by Crippen LogP contribution is -2.11. The zero-order valence-corrected chi connectivity index (χ0v) is 9.53. The molecular weight excluding hydrogens is 182 g/mol. The Balaban J connectivity index is 2.13. The van der Waals surface area contributed by atoms with Crippen LogP contribution < -0.4 is 5.73 Å². The Morgan fingerprint density at radius 2 is 1.93 bits per heavy atom. The van der Waals surface area contributed by atoms with Crippen LogP contribution >= 0.6 is 0 Å². The van der Waals surface area contributed by atoms with Gasteiger partial charge in [0.25, 0.3) is 0 Å². The van der Waals surface area contributed by atoms with Gasteiger partial charge in [0.15, 0.2) is 0 Å². The first-order chi connectivity index (χ1) is 7.20. The lowest BCUT2D eigenvalue weighted by atomic mass is 9.85. The molecule has 2 bridgehead atoms. The van der Waals surface area contributed by atoms with Crippen LogP contribution in [0, 0.1) is 11.8 Å². The van der Waals surface area contributed by atoms with E-state index in [1.807, 2.05) is 0 Å². The molecule has 1 saturated carbocycles. The van der Waals surface area contributed by atoms with Crippen LogP contribution in [0.3, 0.4) is 0 Å². The van der Waals surface area contributed by atoms with Gasteiger partial charge in [-0.2, -0.15) is 0 Å². The molecule has 0 spiro atoms. The third kappa shape index (κ3) is 1.09. The van der Waals surface area contributed by atoms with E-state index in [9.17, 15) is 0 Å². The normalized spacial score (nSPS) is 32.3. The van der Waals surface area contributed by atoms with E-state index in [1.54, 1.807) is 5.56 Å². The smallest absolute Gasteiger partial charge is 0.0352 e. The molecule has 0 saturated heterocycles. The maximum absolute atomic E-state index is 6.12. The Labute approximate surface area is 91.7 Å². The van der Waals surface area contributed by atoms with Crippen molar-refractivity contribution < 1.29 is 0 Å². The van der Waals surface area contributed by atoms with Crippen molar-refractivity contribution in [2.24, 2.45) is 11.8 Å². The number of benzene rings is 1. The average Bonchev–Trinajstić information content (AvgIpc) is 2.73. The summed E-state index contributed by atoms with van der Waals surface area (Å²) in [7, 11) is 0. The highest BCUT2D eigenvalue weighted by atomic mass is 14.6. The molecular formula is C14H19N. The summed E-state index contributed by atoms with van der Waals surface area (Å²) in [6.45, 7) is 4.72. The second kappa shape index (κ2) is 3.01. The molecule has 80 valence electrons. The zero-order chi connectivity index (χ0) is 10.6. The van der Waals surface area contributed by atoms with E-state index in [0.29, 0.717) is 0 Å².